The number of benzene rings is 1. The van der Waals surface area contributed by atoms with Gasteiger partial charge < -0.3 is 16.2 Å². The summed E-state index contributed by atoms with van der Waals surface area (Å²) < 4.78 is 0.826. The third-order valence-corrected chi connectivity index (χ3v) is 3.30. The first-order chi connectivity index (χ1) is 7.91. The van der Waals surface area contributed by atoms with Crippen molar-refractivity contribution in [3.63, 3.8) is 0 Å². The van der Waals surface area contributed by atoms with E-state index >= 15 is 0 Å². The molecule has 0 spiro atoms. The van der Waals surface area contributed by atoms with E-state index in [9.17, 15) is 9.90 Å². The lowest BCUT2D eigenvalue weighted by atomic mass is 9.99. The highest BCUT2D eigenvalue weighted by Gasteiger charge is 2.24. The summed E-state index contributed by atoms with van der Waals surface area (Å²) in [7, 11) is 0. The van der Waals surface area contributed by atoms with Crippen molar-refractivity contribution < 1.29 is 9.90 Å². The summed E-state index contributed by atoms with van der Waals surface area (Å²) in [4.78, 5) is 12.0. The minimum absolute atomic E-state index is 0.105. The second-order valence-electron chi connectivity index (χ2n) is 4.26. The number of amides is 1. The summed E-state index contributed by atoms with van der Waals surface area (Å²) in [5.74, 6) is -0.270. The monoisotopic (exact) mass is 300 g/mol. The van der Waals surface area contributed by atoms with E-state index in [1.54, 1.807) is 25.1 Å². The maximum atomic E-state index is 12.0. The van der Waals surface area contributed by atoms with Gasteiger partial charge in [0.1, 0.15) is 0 Å². The maximum Gasteiger partial charge on any atom is 0.253 e. The topological polar surface area (TPSA) is 75.3 Å². The molecule has 0 fully saturated rings. The van der Waals surface area contributed by atoms with Crippen LogP contribution in [0, 0.1) is 0 Å². The molecule has 17 heavy (non-hydrogen) atoms. The molecule has 1 amide bonds. The number of rotatable bonds is 4. The van der Waals surface area contributed by atoms with Crippen molar-refractivity contribution >= 4 is 27.5 Å². The van der Waals surface area contributed by atoms with Crippen LogP contribution in [0.4, 0.5) is 5.69 Å². The summed E-state index contributed by atoms with van der Waals surface area (Å²) in [6, 6.07) is 5.09. The quantitative estimate of drug-likeness (QED) is 0.744. The molecule has 0 aliphatic heterocycles. The number of carbonyl (C=O) groups is 1. The molecule has 4 nitrogen and oxygen atoms in total. The van der Waals surface area contributed by atoms with Crippen LogP contribution >= 0.6 is 15.9 Å². The van der Waals surface area contributed by atoms with Crippen LogP contribution in [-0.4, -0.2) is 23.2 Å². The number of anilines is 1. The highest BCUT2D eigenvalue weighted by Crippen LogP contribution is 2.19. The third kappa shape index (κ3) is 3.44. The van der Waals surface area contributed by atoms with E-state index in [0.29, 0.717) is 17.7 Å². The molecule has 0 radical (unpaired) electrons. The van der Waals surface area contributed by atoms with Gasteiger partial charge in [0.25, 0.3) is 5.91 Å². The Morgan fingerprint density at radius 1 is 1.59 bits per heavy atom. The van der Waals surface area contributed by atoms with Crippen LogP contribution in [0.1, 0.15) is 30.6 Å². The van der Waals surface area contributed by atoms with Crippen LogP contribution in [0.5, 0.6) is 0 Å². The van der Waals surface area contributed by atoms with Gasteiger partial charge in [-0.15, -0.1) is 0 Å². The van der Waals surface area contributed by atoms with Crippen molar-refractivity contribution in [3.05, 3.63) is 28.2 Å². The molecule has 0 heterocycles. The number of halogens is 1. The number of nitrogens with one attached hydrogen (secondary N) is 1. The molecule has 0 saturated heterocycles. The molecule has 1 unspecified atom stereocenters. The molecule has 1 aromatic carbocycles. The lowest BCUT2D eigenvalue weighted by Gasteiger charge is -2.27. The highest BCUT2D eigenvalue weighted by atomic mass is 79.9. The Kier molecular flexibility index (Phi) is 4.54. The smallest absolute Gasteiger partial charge is 0.253 e. The molecule has 1 rings (SSSR count). The first-order valence-corrected chi connectivity index (χ1v) is 6.19. The fraction of sp³-hybridized carbons (Fsp3) is 0.417. The number of aliphatic hydroxyl groups excluding tert-OH is 1. The first kappa shape index (κ1) is 14.0. The summed E-state index contributed by atoms with van der Waals surface area (Å²) >= 11 is 3.28. The molecule has 0 aromatic heterocycles. The van der Waals surface area contributed by atoms with Crippen molar-refractivity contribution in [2.45, 2.75) is 25.8 Å². The standard InChI is InChI=1S/C12H17BrN2O2/c1-3-12(2,7-16)15-11(17)9-5-4-8(13)6-10(9)14/h4-6,16H,3,7,14H2,1-2H3,(H,15,17). The van der Waals surface area contributed by atoms with Gasteiger partial charge in [0.2, 0.25) is 0 Å². The second-order valence-corrected chi connectivity index (χ2v) is 5.17. The lowest BCUT2D eigenvalue weighted by Crippen LogP contribution is -2.48. The number of carbonyl (C=O) groups excluding carboxylic acids is 1. The van der Waals surface area contributed by atoms with E-state index < -0.39 is 5.54 Å². The molecular weight excluding hydrogens is 284 g/mol. The van der Waals surface area contributed by atoms with E-state index in [1.165, 1.54) is 0 Å². The number of hydrogen-bond acceptors (Lipinski definition) is 3. The maximum absolute atomic E-state index is 12.0. The highest BCUT2D eigenvalue weighted by molar-refractivity contribution is 9.10. The van der Waals surface area contributed by atoms with Gasteiger partial charge in [-0.25, -0.2) is 0 Å². The Labute approximate surface area is 109 Å². The van der Waals surface area contributed by atoms with E-state index in [-0.39, 0.29) is 12.5 Å². The van der Waals surface area contributed by atoms with Gasteiger partial charge in [0.05, 0.1) is 17.7 Å². The Morgan fingerprint density at radius 3 is 2.71 bits per heavy atom. The van der Waals surface area contributed by atoms with E-state index in [0.717, 1.165) is 4.47 Å². The largest absolute Gasteiger partial charge is 0.398 e. The van der Waals surface area contributed by atoms with Crippen molar-refractivity contribution in [1.29, 1.82) is 0 Å². The van der Waals surface area contributed by atoms with Gasteiger partial charge in [0.15, 0.2) is 0 Å². The third-order valence-electron chi connectivity index (χ3n) is 2.80. The molecule has 94 valence electrons. The molecule has 0 aliphatic carbocycles. The Balaban J connectivity index is 2.90. The van der Waals surface area contributed by atoms with E-state index in [2.05, 4.69) is 21.2 Å². The van der Waals surface area contributed by atoms with Gasteiger partial charge in [-0.2, -0.15) is 0 Å². The average Bonchev–Trinajstić information content (AvgIpc) is 2.28. The molecule has 0 saturated carbocycles. The van der Waals surface area contributed by atoms with Crippen molar-refractivity contribution in [2.24, 2.45) is 0 Å². The van der Waals surface area contributed by atoms with E-state index in [4.69, 9.17) is 5.73 Å². The molecule has 0 aliphatic rings. The average molecular weight is 301 g/mol. The minimum atomic E-state index is -0.614. The van der Waals surface area contributed by atoms with Gasteiger partial charge in [-0.05, 0) is 31.5 Å². The Hall–Kier alpha value is -1.07. The lowest BCUT2D eigenvalue weighted by molar-refractivity contribution is 0.0848. The van der Waals surface area contributed by atoms with E-state index in [1.807, 2.05) is 6.92 Å². The van der Waals surface area contributed by atoms with Gasteiger partial charge in [-0.1, -0.05) is 22.9 Å². The molecular formula is C12H17BrN2O2. The number of hydrogen-bond donors (Lipinski definition) is 3. The predicted octanol–water partition coefficient (Wildman–Crippen LogP) is 1.92. The summed E-state index contributed by atoms with van der Waals surface area (Å²) in [6.07, 6.45) is 0.645. The summed E-state index contributed by atoms with van der Waals surface area (Å²) in [5.41, 5.74) is 5.98. The second kappa shape index (κ2) is 5.51. The van der Waals surface area contributed by atoms with Gasteiger partial charge >= 0.3 is 0 Å². The van der Waals surface area contributed by atoms with Crippen molar-refractivity contribution in [3.8, 4) is 0 Å². The molecule has 0 bridgehead atoms. The fourth-order valence-electron chi connectivity index (χ4n) is 1.32. The number of nitrogen functional groups attached to an aromatic ring is 1. The molecule has 1 atom stereocenters. The van der Waals surface area contributed by atoms with Crippen molar-refractivity contribution in [2.75, 3.05) is 12.3 Å². The SMILES string of the molecule is CCC(C)(CO)NC(=O)c1ccc(Br)cc1N. The Bertz CT molecular complexity index is 417. The van der Waals surface area contributed by atoms with Gasteiger partial charge in [-0.3, -0.25) is 4.79 Å². The van der Waals surface area contributed by atoms with Crippen LogP contribution in [0.2, 0.25) is 0 Å². The normalized spacial score (nSPS) is 14.1. The van der Waals surface area contributed by atoms with Crippen LogP contribution in [0.15, 0.2) is 22.7 Å². The summed E-state index contributed by atoms with van der Waals surface area (Å²) in [6.45, 7) is 3.59. The first-order valence-electron chi connectivity index (χ1n) is 5.40. The number of aliphatic hydroxyl groups is 1. The fourth-order valence-corrected chi connectivity index (χ4v) is 1.70. The van der Waals surface area contributed by atoms with Crippen LogP contribution in [0.25, 0.3) is 0 Å². The zero-order valence-corrected chi connectivity index (χ0v) is 11.5. The van der Waals surface area contributed by atoms with Gasteiger partial charge in [0, 0.05) is 10.2 Å². The summed E-state index contributed by atoms with van der Waals surface area (Å²) in [5, 5.41) is 12.0. The zero-order valence-electron chi connectivity index (χ0n) is 9.96. The zero-order chi connectivity index (χ0) is 13.1. The van der Waals surface area contributed by atoms with Crippen LogP contribution in [-0.2, 0) is 0 Å². The molecule has 1 aromatic rings. The minimum Gasteiger partial charge on any atom is -0.398 e. The van der Waals surface area contributed by atoms with Crippen molar-refractivity contribution in [1.82, 2.24) is 5.32 Å². The Morgan fingerprint density at radius 2 is 2.24 bits per heavy atom. The van der Waals surface area contributed by atoms with Crippen LogP contribution in [0.3, 0.4) is 0 Å². The predicted molar refractivity (Wildman–Crippen MR) is 71.8 cm³/mol. The van der Waals surface area contributed by atoms with Crippen LogP contribution < -0.4 is 11.1 Å². The molecule has 4 N–H and O–H groups in total. The number of nitrogens with two attached hydrogens (primary N) is 1. The molecule has 5 heteroatoms.